The van der Waals surface area contributed by atoms with E-state index in [2.05, 4.69) is 48.0 Å². The van der Waals surface area contributed by atoms with Gasteiger partial charge in [0.25, 0.3) is 0 Å². The molecule has 0 aromatic heterocycles. The number of ether oxygens (including phenoxy) is 1. The number of hydrogen-bond donors (Lipinski definition) is 0. The maximum Gasteiger partial charge on any atom is 0.119 e. The number of halogens is 1. The molecule has 0 radical (unpaired) electrons. The van der Waals surface area contributed by atoms with Crippen LogP contribution in [0.25, 0.3) is 5.57 Å². The Bertz CT molecular complexity index is 448. The van der Waals surface area contributed by atoms with E-state index < -0.39 is 0 Å². The quantitative estimate of drug-likeness (QED) is 0.728. The fourth-order valence-corrected chi connectivity index (χ4v) is 2.86. The molecule has 0 aliphatic heterocycles. The molecule has 0 fully saturated rings. The van der Waals surface area contributed by atoms with E-state index >= 15 is 0 Å². The third-order valence-electron chi connectivity index (χ3n) is 3.74. The van der Waals surface area contributed by atoms with E-state index in [-0.39, 0.29) is 0 Å². The summed E-state index contributed by atoms with van der Waals surface area (Å²) in [5.41, 5.74) is 5.89. The van der Waals surface area contributed by atoms with Gasteiger partial charge in [-0.15, -0.1) is 0 Å². The van der Waals surface area contributed by atoms with Crippen molar-refractivity contribution >= 4 is 21.5 Å². The van der Waals surface area contributed by atoms with Crippen LogP contribution in [0.15, 0.2) is 23.8 Å². The Balaban J connectivity index is 2.40. The number of rotatable bonds is 4. The second-order valence-corrected chi connectivity index (χ2v) is 5.42. The van der Waals surface area contributed by atoms with Crippen molar-refractivity contribution in [3.8, 4) is 5.75 Å². The number of fused-ring (bicyclic) bond motifs is 1. The van der Waals surface area contributed by atoms with Crippen LogP contribution in [0.4, 0.5) is 0 Å². The average molecular weight is 295 g/mol. The first-order valence-electron chi connectivity index (χ1n) is 6.13. The van der Waals surface area contributed by atoms with Gasteiger partial charge < -0.3 is 4.74 Å². The summed E-state index contributed by atoms with van der Waals surface area (Å²) < 4.78 is 5.33. The minimum absolute atomic E-state index is 0.557. The average Bonchev–Trinajstić information content (AvgIpc) is 2.59. The minimum Gasteiger partial charge on any atom is -0.497 e. The third kappa shape index (κ3) is 2.28. The molecule has 1 nitrogen and oxygen atoms in total. The lowest BCUT2D eigenvalue weighted by Gasteiger charge is -2.08. The van der Waals surface area contributed by atoms with Crippen LogP contribution < -0.4 is 4.74 Å². The van der Waals surface area contributed by atoms with Gasteiger partial charge in [-0.25, -0.2) is 0 Å². The summed E-state index contributed by atoms with van der Waals surface area (Å²) in [7, 11) is 1.73. The largest absolute Gasteiger partial charge is 0.497 e. The van der Waals surface area contributed by atoms with E-state index in [9.17, 15) is 0 Å². The van der Waals surface area contributed by atoms with Crippen molar-refractivity contribution in [2.75, 3.05) is 12.4 Å². The van der Waals surface area contributed by atoms with Crippen LogP contribution in [0, 0.1) is 0 Å². The molecular weight excluding hydrogens is 276 g/mol. The summed E-state index contributed by atoms with van der Waals surface area (Å²) in [6, 6.07) is 6.46. The van der Waals surface area contributed by atoms with Gasteiger partial charge in [0.2, 0.25) is 0 Å². The van der Waals surface area contributed by atoms with Gasteiger partial charge in [-0.1, -0.05) is 34.5 Å². The Hall–Kier alpha value is -0.760. The molecule has 2 rings (SSSR count). The van der Waals surface area contributed by atoms with Gasteiger partial charge in [-0.05, 0) is 48.6 Å². The summed E-state index contributed by atoms with van der Waals surface area (Å²) in [5.74, 6) is 1.52. The zero-order valence-corrected chi connectivity index (χ0v) is 12.3. The van der Waals surface area contributed by atoms with Crippen molar-refractivity contribution < 1.29 is 4.74 Å². The molecule has 1 aliphatic carbocycles. The van der Waals surface area contributed by atoms with Crippen molar-refractivity contribution in [3.63, 3.8) is 0 Å². The topological polar surface area (TPSA) is 9.23 Å². The molecular formula is C15H19BrO. The Labute approximate surface area is 112 Å². The molecule has 0 saturated carbocycles. The summed E-state index contributed by atoms with van der Waals surface area (Å²) in [4.78, 5) is 0. The molecule has 2 heteroatoms. The normalized spacial score (nSPS) is 18.5. The summed E-state index contributed by atoms with van der Waals surface area (Å²) in [6.07, 6.45) is 2.34. The van der Waals surface area contributed by atoms with Crippen LogP contribution in [0.2, 0.25) is 0 Å². The Morgan fingerprint density at radius 3 is 2.76 bits per heavy atom. The second-order valence-electron chi connectivity index (χ2n) is 4.63. The fourth-order valence-electron chi connectivity index (χ4n) is 2.58. The third-order valence-corrected chi connectivity index (χ3v) is 4.30. The van der Waals surface area contributed by atoms with Gasteiger partial charge in [-0.3, -0.25) is 0 Å². The van der Waals surface area contributed by atoms with Crippen LogP contribution in [0.3, 0.4) is 0 Å². The van der Waals surface area contributed by atoms with Gasteiger partial charge in [-0.2, -0.15) is 0 Å². The molecule has 1 unspecified atom stereocenters. The van der Waals surface area contributed by atoms with E-state index in [1.165, 1.54) is 28.7 Å². The lowest BCUT2D eigenvalue weighted by atomic mass is 9.99. The van der Waals surface area contributed by atoms with Crippen molar-refractivity contribution in [3.05, 3.63) is 34.9 Å². The molecule has 0 spiro atoms. The van der Waals surface area contributed by atoms with Crippen LogP contribution in [0.5, 0.6) is 5.75 Å². The minimum atomic E-state index is 0.557. The molecule has 0 N–H and O–H groups in total. The number of alkyl halides is 1. The van der Waals surface area contributed by atoms with E-state index in [0.29, 0.717) is 5.92 Å². The van der Waals surface area contributed by atoms with Crippen molar-refractivity contribution in [2.24, 2.45) is 0 Å². The van der Waals surface area contributed by atoms with Crippen molar-refractivity contribution in [1.29, 1.82) is 0 Å². The number of allylic oxidation sites excluding steroid dienone is 2. The first-order valence-corrected chi connectivity index (χ1v) is 7.25. The highest BCUT2D eigenvalue weighted by molar-refractivity contribution is 9.09. The van der Waals surface area contributed by atoms with E-state index in [0.717, 1.165) is 17.5 Å². The Kier molecular flexibility index (Phi) is 3.93. The maximum atomic E-state index is 5.33. The summed E-state index contributed by atoms with van der Waals surface area (Å²) in [5, 5.41) is 1.07. The molecule has 1 atom stereocenters. The fraction of sp³-hybridized carbons (Fsp3) is 0.467. The van der Waals surface area contributed by atoms with Crippen LogP contribution in [0.1, 0.15) is 43.7 Å². The highest BCUT2D eigenvalue weighted by atomic mass is 79.9. The van der Waals surface area contributed by atoms with Crippen molar-refractivity contribution in [2.45, 2.75) is 32.6 Å². The smallest absolute Gasteiger partial charge is 0.119 e. The first-order chi connectivity index (χ1) is 8.19. The summed E-state index contributed by atoms with van der Waals surface area (Å²) in [6.45, 7) is 4.56. The van der Waals surface area contributed by atoms with Crippen molar-refractivity contribution in [1.82, 2.24) is 0 Å². The predicted octanol–water partition coefficient (Wildman–Crippen LogP) is 4.76. The lowest BCUT2D eigenvalue weighted by molar-refractivity contribution is 0.414. The Morgan fingerprint density at radius 2 is 2.12 bits per heavy atom. The maximum absolute atomic E-state index is 5.33. The zero-order chi connectivity index (χ0) is 12.4. The van der Waals surface area contributed by atoms with Gasteiger partial charge in [0, 0.05) is 11.2 Å². The molecule has 0 amide bonds. The predicted molar refractivity (Wildman–Crippen MR) is 77.0 cm³/mol. The monoisotopic (exact) mass is 294 g/mol. The summed E-state index contributed by atoms with van der Waals surface area (Å²) >= 11 is 3.51. The van der Waals surface area contributed by atoms with E-state index in [4.69, 9.17) is 4.74 Å². The zero-order valence-electron chi connectivity index (χ0n) is 10.7. The van der Waals surface area contributed by atoms with E-state index in [1.54, 1.807) is 7.11 Å². The molecule has 0 saturated heterocycles. The molecule has 92 valence electrons. The Morgan fingerprint density at radius 1 is 1.35 bits per heavy atom. The molecule has 1 aromatic rings. The molecule has 17 heavy (non-hydrogen) atoms. The standard InChI is InChI=1S/C15H19BrO/c1-10-11(2)14-7-6-12(17-3)9-15(14)13(10)5-4-8-16/h6-7,9,11H,4-5,8H2,1-3H3. The lowest BCUT2D eigenvalue weighted by Crippen LogP contribution is -1.91. The molecule has 1 aromatic carbocycles. The van der Waals surface area contributed by atoms with E-state index in [1.807, 2.05) is 0 Å². The highest BCUT2D eigenvalue weighted by Crippen LogP contribution is 2.44. The van der Waals surface area contributed by atoms with Crippen LogP contribution in [-0.2, 0) is 0 Å². The van der Waals surface area contributed by atoms with Gasteiger partial charge in [0.05, 0.1) is 7.11 Å². The molecule has 0 heterocycles. The second kappa shape index (κ2) is 5.26. The first kappa shape index (κ1) is 12.7. The SMILES string of the molecule is COc1ccc2c(c1)C(CCCBr)=C(C)C2C. The van der Waals surface area contributed by atoms with Crippen LogP contribution >= 0.6 is 15.9 Å². The van der Waals surface area contributed by atoms with Gasteiger partial charge in [0.15, 0.2) is 0 Å². The van der Waals surface area contributed by atoms with Crippen LogP contribution in [-0.4, -0.2) is 12.4 Å². The number of benzene rings is 1. The number of methoxy groups -OCH3 is 1. The number of hydrogen-bond acceptors (Lipinski definition) is 1. The molecule has 0 bridgehead atoms. The highest BCUT2D eigenvalue weighted by Gasteiger charge is 2.25. The van der Waals surface area contributed by atoms with Gasteiger partial charge in [0.1, 0.15) is 5.75 Å². The molecule has 1 aliphatic rings. The van der Waals surface area contributed by atoms with Gasteiger partial charge >= 0.3 is 0 Å².